The van der Waals surface area contributed by atoms with Gasteiger partial charge in [-0.3, -0.25) is 0 Å². The fourth-order valence-corrected chi connectivity index (χ4v) is 3.71. The molecule has 0 atom stereocenters. The molecule has 1 N–H and O–H groups in total. The summed E-state index contributed by atoms with van der Waals surface area (Å²) >= 11 is 0. The highest BCUT2D eigenvalue weighted by atomic mass is 16.7. The average Bonchev–Trinajstić information content (AvgIpc) is 3.36. The van der Waals surface area contributed by atoms with Gasteiger partial charge in [0, 0.05) is 32.5 Å². The van der Waals surface area contributed by atoms with Gasteiger partial charge in [-0.05, 0) is 37.6 Å². The molecule has 2 aromatic rings. The van der Waals surface area contributed by atoms with Gasteiger partial charge in [-0.15, -0.1) is 0 Å². The van der Waals surface area contributed by atoms with Crippen molar-refractivity contribution in [3.8, 4) is 5.75 Å². The van der Waals surface area contributed by atoms with Gasteiger partial charge in [0.05, 0.1) is 18.8 Å². The number of aryl methyl sites for hydroxylation is 1. The first-order valence-electron chi connectivity index (χ1n) is 11.0. The van der Waals surface area contributed by atoms with Crippen molar-refractivity contribution in [2.75, 3.05) is 26.7 Å². The molecule has 31 heavy (non-hydrogen) atoms. The highest BCUT2D eigenvalue weighted by Crippen LogP contribution is 2.30. The lowest BCUT2D eigenvalue weighted by molar-refractivity contribution is -0.0875. The molecular weight excluding hydrogens is 394 g/mol. The largest absolute Gasteiger partial charge is 0.493 e. The van der Waals surface area contributed by atoms with E-state index in [0.29, 0.717) is 31.5 Å². The maximum absolute atomic E-state index is 5.98. The number of guanidine groups is 1. The molecule has 1 spiro atoms. The van der Waals surface area contributed by atoms with Crippen LogP contribution in [0.2, 0.25) is 0 Å². The Balaban J connectivity index is 1.49. The number of rotatable bonds is 7. The molecule has 1 fully saturated rings. The smallest absolute Gasteiger partial charge is 0.222 e. The maximum atomic E-state index is 5.98. The van der Waals surface area contributed by atoms with Crippen molar-refractivity contribution in [3.05, 3.63) is 47.7 Å². The van der Waals surface area contributed by atoms with Crippen molar-refractivity contribution in [2.24, 2.45) is 10.9 Å². The Labute approximate surface area is 184 Å². The van der Waals surface area contributed by atoms with Crippen LogP contribution in [0.15, 0.2) is 39.9 Å². The van der Waals surface area contributed by atoms with Gasteiger partial charge in [-0.1, -0.05) is 26.0 Å². The summed E-state index contributed by atoms with van der Waals surface area (Å²) in [6.07, 6.45) is 3.41. The summed E-state index contributed by atoms with van der Waals surface area (Å²) in [6.45, 7) is 10.0. The Morgan fingerprint density at radius 3 is 2.58 bits per heavy atom. The molecule has 0 radical (unpaired) electrons. The van der Waals surface area contributed by atoms with Gasteiger partial charge < -0.3 is 19.0 Å². The Morgan fingerprint density at radius 1 is 1.19 bits per heavy atom. The van der Waals surface area contributed by atoms with Crippen molar-refractivity contribution >= 4 is 5.96 Å². The van der Waals surface area contributed by atoms with Crippen LogP contribution in [0.1, 0.15) is 43.8 Å². The maximum Gasteiger partial charge on any atom is 0.222 e. The summed E-state index contributed by atoms with van der Waals surface area (Å²) in [6, 6.07) is 8.21. The molecule has 8 nitrogen and oxygen atoms in total. The summed E-state index contributed by atoms with van der Waals surface area (Å²) in [5, 5.41) is 0. The SMILES string of the molecule is Cc1coc(CN(Cc2ccc(OCC(C)C)cc2)C2=NC3(CCN(C)CC3)ON2)n1. The van der Waals surface area contributed by atoms with Crippen LogP contribution in [0.25, 0.3) is 0 Å². The summed E-state index contributed by atoms with van der Waals surface area (Å²) in [5.74, 6) is 2.76. The molecule has 0 saturated carbocycles. The zero-order valence-electron chi connectivity index (χ0n) is 18.9. The molecule has 168 valence electrons. The third kappa shape index (κ3) is 5.57. The van der Waals surface area contributed by atoms with Crippen LogP contribution in [0, 0.1) is 12.8 Å². The summed E-state index contributed by atoms with van der Waals surface area (Å²) < 4.78 is 11.4. The van der Waals surface area contributed by atoms with Gasteiger partial charge in [-0.2, -0.15) is 0 Å². The number of likely N-dealkylation sites (tertiary alicyclic amines) is 1. The van der Waals surface area contributed by atoms with Crippen LogP contribution in [-0.2, 0) is 17.9 Å². The van der Waals surface area contributed by atoms with Gasteiger partial charge in [0.2, 0.25) is 11.9 Å². The number of hydroxylamine groups is 1. The van der Waals surface area contributed by atoms with E-state index in [0.717, 1.165) is 48.9 Å². The highest BCUT2D eigenvalue weighted by molar-refractivity contribution is 5.80. The van der Waals surface area contributed by atoms with Crippen LogP contribution >= 0.6 is 0 Å². The van der Waals surface area contributed by atoms with E-state index in [-0.39, 0.29) is 0 Å². The van der Waals surface area contributed by atoms with Crippen molar-refractivity contribution < 1.29 is 14.0 Å². The van der Waals surface area contributed by atoms with E-state index in [1.54, 1.807) is 6.26 Å². The predicted octanol–water partition coefficient (Wildman–Crippen LogP) is 3.33. The van der Waals surface area contributed by atoms with Crippen LogP contribution in [-0.4, -0.2) is 53.2 Å². The first kappa shape index (κ1) is 21.6. The molecule has 1 aromatic carbocycles. The quantitative estimate of drug-likeness (QED) is 0.726. The van der Waals surface area contributed by atoms with E-state index in [2.05, 4.69) is 53.3 Å². The number of aliphatic imine (C=N–C) groups is 1. The van der Waals surface area contributed by atoms with E-state index in [1.165, 1.54) is 0 Å². The molecule has 8 heteroatoms. The third-order valence-corrected chi connectivity index (χ3v) is 5.58. The molecular formula is C23H33N5O3. The van der Waals surface area contributed by atoms with Gasteiger partial charge in [0.15, 0.2) is 5.72 Å². The van der Waals surface area contributed by atoms with Crippen LogP contribution in [0.3, 0.4) is 0 Å². The summed E-state index contributed by atoms with van der Waals surface area (Å²) in [4.78, 5) is 19.8. The standard InChI is InChI=1S/C23H33N5O3/c1-17(2)15-29-20-7-5-19(6-8-20)13-28(14-21-24-18(3)16-30-21)22-25-23(31-26-22)9-11-27(4)12-10-23/h5-8,16-17H,9-15H2,1-4H3,(H,25,26). The summed E-state index contributed by atoms with van der Waals surface area (Å²) in [7, 11) is 2.13. The van der Waals surface area contributed by atoms with Crippen molar-refractivity contribution in [3.63, 3.8) is 0 Å². The van der Waals surface area contributed by atoms with Crippen LogP contribution in [0.4, 0.5) is 0 Å². The number of benzene rings is 1. The Kier molecular flexibility index (Phi) is 6.48. The average molecular weight is 428 g/mol. The Bertz CT molecular complexity index is 885. The van der Waals surface area contributed by atoms with Gasteiger partial charge >= 0.3 is 0 Å². The molecule has 4 rings (SSSR count). The fourth-order valence-electron chi connectivity index (χ4n) is 3.71. The van der Waals surface area contributed by atoms with Gasteiger partial charge in [0.25, 0.3) is 0 Å². The Hall–Kier alpha value is -2.58. The number of nitrogens with zero attached hydrogens (tertiary/aromatic N) is 4. The number of hydrogen-bond donors (Lipinski definition) is 1. The minimum absolute atomic E-state index is 0.485. The number of hydrogen-bond acceptors (Lipinski definition) is 8. The van der Waals surface area contributed by atoms with E-state index in [1.807, 2.05) is 19.1 Å². The normalized spacial score (nSPS) is 18.3. The molecule has 1 aromatic heterocycles. The number of nitrogens with one attached hydrogen (secondary N) is 1. The Morgan fingerprint density at radius 2 is 1.94 bits per heavy atom. The van der Waals surface area contributed by atoms with Crippen LogP contribution in [0.5, 0.6) is 5.75 Å². The number of piperidine rings is 1. The summed E-state index contributed by atoms with van der Waals surface area (Å²) in [5.41, 5.74) is 4.62. The van der Waals surface area contributed by atoms with Gasteiger partial charge in [0.1, 0.15) is 12.0 Å². The second-order valence-corrected chi connectivity index (χ2v) is 8.98. The third-order valence-electron chi connectivity index (χ3n) is 5.58. The van der Waals surface area contributed by atoms with Gasteiger partial charge in [-0.25, -0.2) is 20.3 Å². The zero-order chi connectivity index (χ0) is 21.8. The molecule has 0 amide bonds. The minimum Gasteiger partial charge on any atom is -0.493 e. The lowest BCUT2D eigenvalue weighted by Gasteiger charge is -2.33. The fraction of sp³-hybridized carbons (Fsp3) is 0.565. The van der Waals surface area contributed by atoms with E-state index in [9.17, 15) is 0 Å². The topological polar surface area (TPSA) is 75.4 Å². The highest BCUT2D eigenvalue weighted by Gasteiger charge is 2.40. The molecule has 0 bridgehead atoms. The molecule has 2 aliphatic heterocycles. The zero-order valence-corrected chi connectivity index (χ0v) is 18.9. The second-order valence-electron chi connectivity index (χ2n) is 8.98. The molecule has 1 saturated heterocycles. The monoisotopic (exact) mass is 427 g/mol. The first-order valence-corrected chi connectivity index (χ1v) is 11.0. The van der Waals surface area contributed by atoms with E-state index >= 15 is 0 Å². The minimum atomic E-state index is -0.485. The molecule has 3 heterocycles. The number of oxazole rings is 1. The van der Waals surface area contributed by atoms with E-state index < -0.39 is 5.72 Å². The van der Waals surface area contributed by atoms with Crippen molar-refractivity contribution in [2.45, 2.75) is 52.4 Å². The first-order chi connectivity index (χ1) is 14.9. The molecule has 0 unspecified atom stereocenters. The number of ether oxygens (including phenoxy) is 1. The lowest BCUT2D eigenvalue weighted by atomic mass is 10.0. The molecule has 2 aliphatic rings. The second kappa shape index (κ2) is 9.28. The van der Waals surface area contributed by atoms with Crippen molar-refractivity contribution in [1.29, 1.82) is 0 Å². The van der Waals surface area contributed by atoms with E-state index in [4.69, 9.17) is 19.0 Å². The number of aromatic nitrogens is 1. The predicted molar refractivity (Wildman–Crippen MR) is 118 cm³/mol. The van der Waals surface area contributed by atoms with Crippen molar-refractivity contribution in [1.82, 2.24) is 20.3 Å². The lowest BCUT2D eigenvalue weighted by Crippen LogP contribution is -2.43. The molecule has 0 aliphatic carbocycles. The van der Waals surface area contributed by atoms with Crippen LogP contribution < -0.4 is 10.2 Å².